The van der Waals surface area contributed by atoms with Crippen LogP contribution < -0.4 is 0 Å². The van der Waals surface area contributed by atoms with Gasteiger partial charge in [-0.05, 0) is 31.0 Å². The van der Waals surface area contributed by atoms with Crippen LogP contribution in [0, 0.1) is 0 Å². The molecule has 4 rings (SSSR count). The standard InChI is InChI=1S/C18H16ClF3N4OS/c19-15-6-5-13(28-15)11-9-14(18(20,21)22)26-16(23-11)10-12(24-26)17(27)25-7-3-1-2-4-8-25/h5-6,9-10H,1-4,7-8H2. The van der Waals surface area contributed by atoms with E-state index < -0.39 is 11.9 Å². The summed E-state index contributed by atoms with van der Waals surface area (Å²) in [5.74, 6) is -0.360. The third-order valence-corrected chi connectivity index (χ3v) is 5.91. The van der Waals surface area contributed by atoms with Crippen molar-refractivity contribution in [3.8, 4) is 10.6 Å². The van der Waals surface area contributed by atoms with Crippen LogP contribution in [-0.4, -0.2) is 38.5 Å². The maximum absolute atomic E-state index is 13.6. The van der Waals surface area contributed by atoms with Crippen molar-refractivity contribution in [2.24, 2.45) is 0 Å². The van der Waals surface area contributed by atoms with E-state index in [1.165, 1.54) is 6.07 Å². The van der Waals surface area contributed by atoms with Gasteiger partial charge in [-0.15, -0.1) is 11.3 Å². The maximum Gasteiger partial charge on any atom is 0.433 e. The lowest BCUT2D eigenvalue weighted by atomic mass is 10.2. The van der Waals surface area contributed by atoms with E-state index in [2.05, 4.69) is 10.1 Å². The lowest BCUT2D eigenvalue weighted by molar-refractivity contribution is -0.142. The fourth-order valence-electron chi connectivity index (χ4n) is 3.29. The van der Waals surface area contributed by atoms with Gasteiger partial charge in [0, 0.05) is 19.2 Å². The predicted molar refractivity (Wildman–Crippen MR) is 101 cm³/mol. The molecule has 1 saturated heterocycles. The minimum Gasteiger partial charge on any atom is -0.337 e. The number of rotatable bonds is 2. The molecule has 1 aliphatic rings. The average Bonchev–Trinajstić information content (AvgIpc) is 3.16. The molecule has 4 heterocycles. The van der Waals surface area contributed by atoms with Crippen LogP contribution in [0.15, 0.2) is 24.3 Å². The van der Waals surface area contributed by atoms with Crippen molar-refractivity contribution in [1.82, 2.24) is 19.5 Å². The Morgan fingerprint density at radius 3 is 2.43 bits per heavy atom. The van der Waals surface area contributed by atoms with Crippen LogP contribution in [0.1, 0.15) is 41.9 Å². The zero-order valence-corrected chi connectivity index (χ0v) is 16.2. The fourth-order valence-corrected chi connectivity index (χ4v) is 4.30. The van der Waals surface area contributed by atoms with Crippen molar-refractivity contribution in [1.29, 1.82) is 0 Å². The number of nitrogens with zero attached hydrogens (tertiary/aromatic N) is 4. The SMILES string of the molecule is O=C(c1cc2nc(-c3ccc(Cl)s3)cc(C(F)(F)F)n2n1)N1CCCCCC1. The lowest BCUT2D eigenvalue weighted by Gasteiger charge is -2.18. The third kappa shape index (κ3) is 3.73. The number of alkyl halides is 3. The number of amides is 1. The monoisotopic (exact) mass is 428 g/mol. The van der Waals surface area contributed by atoms with E-state index in [0.29, 0.717) is 26.8 Å². The van der Waals surface area contributed by atoms with Gasteiger partial charge in [0.25, 0.3) is 5.91 Å². The minimum atomic E-state index is -4.65. The first-order chi connectivity index (χ1) is 13.3. The Kier molecular flexibility index (Phi) is 5.05. The van der Waals surface area contributed by atoms with Crippen molar-refractivity contribution in [2.75, 3.05) is 13.1 Å². The van der Waals surface area contributed by atoms with Crippen molar-refractivity contribution < 1.29 is 18.0 Å². The van der Waals surface area contributed by atoms with Crippen LogP contribution in [-0.2, 0) is 6.18 Å². The van der Waals surface area contributed by atoms with Crippen molar-refractivity contribution in [3.63, 3.8) is 0 Å². The summed E-state index contributed by atoms with van der Waals surface area (Å²) in [6, 6.07) is 5.47. The van der Waals surface area contributed by atoms with Gasteiger partial charge in [0.15, 0.2) is 17.0 Å². The first-order valence-corrected chi connectivity index (χ1v) is 10.1. The van der Waals surface area contributed by atoms with Crippen molar-refractivity contribution >= 4 is 34.5 Å². The van der Waals surface area contributed by atoms with E-state index in [1.807, 2.05) is 0 Å². The van der Waals surface area contributed by atoms with E-state index in [4.69, 9.17) is 11.6 Å². The molecule has 5 nitrogen and oxygen atoms in total. The van der Waals surface area contributed by atoms with Crippen LogP contribution in [0.2, 0.25) is 4.34 Å². The second-order valence-corrected chi connectivity index (χ2v) is 8.35. The van der Waals surface area contributed by atoms with E-state index in [0.717, 1.165) is 43.1 Å². The zero-order chi connectivity index (χ0) is 19.9. The number of carbonyl (C=O) groups excluding carboxylic acids is 1. The summed E-state index contributed by atoms with van der Waals surface area (Å²) in [6.07, 6.45) is -0.794. The Hall–Kier alpha value is -2.13. The molecule has 1 amide bonds. The summed E-state index contributed by atoms with van der Waals surface area (Å²) in [5, 5.41) is 3.95. The lowest BCUT2D eigenvalue weighted by Crippen LogP contribution is -2.32. The molecule has 10 heteroatoms. The first-order valence-electron chi connectivity index (χ1n) is 8.86. The largest absolute Gasteiger partial charge is 0.433 e. The van der Waals surface area contributed by atoms with Gasteiger partial charge in [0.2, 0.25) is 0 Å². The van der Waals surface area contributed by atoms with Gasteiger partial charge in [0.05, 0.1) is 14.9 Å². The molecular formula is C18H16ClF3N4OS. The number of carbonyl (C=O) groups is 1. The van der Waals surface area contributed by atoms with Crippen LogP contribution in [0.25, 0.3) is 16.2 Å². The van der Waals surface area contributed by atoms with Gasteiger partial charge >= 0.3 is 6.18 Å². The zero-order valence-electron chi connectivity index (χ0n) is 14.7. The predicted octanol–water partition coefficient (Wildman–Crippen LogP) is 5.15. The normalized spacial score (nSPS) is 15.8. The molecule has 1 aliphatic heterocycles. The molecule has 1 fully saturated rings. The molecular weight excluding hydrogens is 413 g/mol. The number of likely N-dealkylation sites (tertiary alicyclic amines) is 1. The van der Waals surface area contributed by atoms with Gasteiger partial charge in [-0.1, -0.05) is 24.4 Å². The summed E-state index contributed by atoms with van der Waals surface area (Å²) in [5.41, 5.74) is -0.883. The smallest absolute Gasteiger partial charge is 0.337 e. The Balaban J connectivity index is 1.80. The molecule has 0 unspecified atom stereocenters. The quantitative estimate of drug-likeness (QED) is 0.567. The molecule has 0 bridgehead atoms. The van der Waals surface area contributed by atoms with Gasteiger partial charge < -0.3 is 4.90 Å². The average molecular weight is 429 g/mol. The number of fused-ring (bicyclic) bond motifs is 1. The molecule has 3 aromatic heterocycles. The minimum absolute atomic E-state index is 0.0208. The van der Waals surface area contributed by atoms with Gasteiger partial charge in [-0.2, -0.15) is 18.3 Å². The molecule has 28 heavy (non-hydrogen) atoms. The summed E-state index contributed by atoms with van der Waals surface area (Å²) in [4.78, 5) is 19.2. The topological polar surface area (TPSA) is 50.5 Å². The van der Waals surface area contributed by atoms with Crippen LogP contribution in [0.5, 0.6) is 0 Å². The molecule has 0 spiro atoms. The fraction of sp³-hybridized carbons (Fsp3) is 0.389. The first kappa shape index (κ1) is 19.2. The maximum atomic E-state index is 13.6. The van der Waals surface area contributed by atoms with E-state index in [9.17, 15) is 18.0 Å². The Morgan fingerprint density at radius 1 is 1.11 bits per heavy atom. The summed E-state index contributed by atoms with van der Waals surface area (Å²) in [6.45, 7) is 1.18. The van der Waals surface area contributed by atoms with Crippen LogP contribution in [0.3, 0.4) is 0 Å². The molecule has 0 aromatic carbocycles. The highest BCUT2D eigenvalue weighted by molar-refractivity contribution is 7.19. The number of halogens is 4. The Morgan fingerprint density at radius 2 is 1.82 bits per heavy atom. The number of aromatic nitrogens is 3. The highest BCUT2D eigenvalue weighted by Crippen LogP contribution is 2.35. The van der Waals surface area contributed by atoms with E-state index in [1.54, 1.807) is 17.0 Å². The summed E-state index contributed by atoms with van der Waals surface area (Å²) < 4.78 is 42.0. The Bertz CT molecular complexity index is 1020. The van der Waals surface area contributed by atoms with Gasteiger partial charge in [-0.3, -0.25) is 4.79 Å². The molecule has 0 saturated carbocycles. The molecule has 0 atom stereocenters. The van der Waals surface area contributed by atoms with Gasteiger partial charge in [-0.25, -0.2) is 9.50 Å². The van der Waals surface area contributed by atoms with E-state index in [-0.39, 0.29) is 22.9 Å². The molecule has 0 N–H and O–H groups in total. The van der Waals surface area contributed by atoms with Crippen molar-refractivity contribution in [3.05, 3.63) is 40.0 Å². The van der Waals surface area contributed by atoms with Crippen LogP contribution in [0.4, 0.5) is 13.2 Å². The van der Waals surface area contributed by atoms with E-state index >= 15 is 0 Å². The van der Waals surface area contributed by atoms with Crippen LogP contribution >= 0.6 is 22.9 Å². The molecule has 0 aliphatic carbocycles. The second-order valence-electron chi connectivity index (χ2n) is 6.63. The van der Waals surface area contributed by atoms with Crippen molar-refractivity contribution in [2.45, 2.75) is 31.9 Å². The number of hydrogen-bond donors (Lipinski definition) is 0. The highest BCUT2D eigenvalue weighted by Gasteiger charge is 2.36. The Labute approximate surface area is 167 Å². The molecule has 0 radical (unpaired) electrons. The number of thiophene rings is 1. The second kappa shape index (κ2) is 7.36. The van der Waals surface area contributed by atoms with Gasteiger partial charge in [0.1, 0.15) is 0 Å². The summed E-state index contributed by atoms with van der Waals surface area (Å²) >= 11 is 7.04. The molecule has 3 aromatic rings. The third-order valence-electron chi connectivity index (χ3n) is 4.66. The molecule has 148 valence electrons. The number of hydrogen-bond acceptors (Lipinski definition) is 4. The highest BCUT2D eigenvalue weighted by atomic mass is 35.5. The summed E-state index contributed by atoms with van der Waals surface area (Å²) in [7, 11) is 0.